The fourth-order valence-electron chi connectivity index (χ4n) is 2.65. The van der Waals surface area contributed by atoms with E-state index in [2.05, 4.69) is 24.3 Å². The molecule has 2 aromatic carbocycles. The third-order valence-electron chi connectivity index (χ3n) is 3.90. The quantitative estimate of drug-likeness (QED) is 0.875. The monoisotopic (exact) mass is 227 g/mol. The van der Waals surface area contributed by atoms with Gasteiger partial charge in [-0.3, -0.25) is 0 Å². The minimum atomic E-state index is 0.203. The summed E-state index contributed by atoms with van der Waals surface area (Å²) in [7, 11) is 1.73. The number of hydrogen-bond acceptors (Lipinski definition) is 2. The Hall–Kier alpha value is -1.54. The molecular weight excluding hydrogens is 210 g/mol. The highest BCUT2D eigenvalue weighted by molar-refractivity contribution is 5.92. The predicted octanol–water partition coefficient (Wildman–Crippen LogP) is 2.84. The van der Waals surface area contributed by atoms with E-state index in [4.69, 9.17) is 10.5 Å². The lowest BCUT2D eigenvalue weighted by Crippen LogP contribution is -2.20. The Labute approximate surface area is 101 Å². The molecule has 0 aliphatic heterocycles. The molecule has 3 rings (SSSR count). The van der Waals surface area contributed by atoms with Crippen LogP contribution < -0.4 is 10.5 Å². The van der Waals surface area contributed by atoms with Crippen molar-refractivity contribution >= 4 is 10.8 Å². The van der Waals surface area contributed by atoms with E-state index in [1.165, 1.54) is 29.2 Å². The Morgan fingerprint density at radius 1 is 1.18 bits per heavy atom. The summed E-state index contributed by atoms with van der Waals surface area (Å²) in [5, 5.41) is 2.47. The van der Waals surface area contributed by atoms with Crippen LogP contribution in [0.2, 0.25) is 0 Å². The number of fused-ring (bicyclic) bond motifs is 1. The highest BCUT2D eigenvalue weighted by Crippen LogP contribution is 2.50. The average molecular weight is 227 g/mol. The van der Waals surface area contributed by atoms with E-state index in [1.54, 1.807) is 7.11 Å². The molecule has 2 aromatic rings. The van der Waals surface area contributed by atoms with Crippen molar-refractivity contribution in [3.63, 3.8) is 0 Å². The summed E-state index contributed by atoms with van der Waals surface area (Å²) in [4.78, 5) is 0. The Bertz CT molecular complexity index is 553. The molecule has 1 aliphatic rings. The lowest BCUT2D eigenvalue weighted by atomic mass is 9.90. The topological polar surface area (TPSA) is 35.2 Å². The smallest absolute Gasteiger partial charge is 0.126 e. The van der Waals surface area contributed by atoms with Crippen LogP contribution in [0.25, 0.3) is 10.8 Å². The largest absolute Gasteiger partial charge is 0.496 e. The molecule has 0 radical (unpaired) electrons. The van der Waals surface area contributed by atoms with Crippen molar-refractivity contribution < 1.29 is 4.74 Å². The number of hydrogen-bond donors (Lipinski definition) is 1. The first-order valence-corrected chi connectivity index (χ1v) is 6.07. The number of rotatable bonds is 3. The molecule has 0 bridgehead atoms. The Kier molecular flexibility index (Phi) is 2.33. The molecule has 88 valence electrons. The van der Waals surface area contributed by atoms with Gasteiger partial charge in [0, 0.05) is 17.3 Å². The molecule has 0 unspecified atom stereocenters. The molecule has 0 heterocycles. The van der Waals surface area contributed by atoms with Gasteiger partial charge in [0.1, 0.15) is 5.75 Å². The molecule has 0 amide bonds. The second kappa shape index (κ2) is 3.74. The van der Waals surface area contributed by atoms with Crippen molar-refractivity contribution in [1.29, 1.82) is 0 Å². The Balaban J connectivity index is 2.31. The second-order valence-electron chi connectivity index (χ2n) is 4.85. The van der Waals surface area contributed by atoms with Gasteiger partial charge < -0.3 is 10.5 Å². The molecule has 2 heteroatoms. The van der Waals surface area contributed by atoms with Crippen LogP contribution in [0.4, 0.5) is 0 Å². The Morgan fingerprint density at radius 2 is 1.88 bits per heavy atom. The summed E-state index contributed by atoms with van der Waals surface area (Å²) in [6, 6.07) is 12.6. The van der Waals surface area contributed by atoms with E-state index in [0.717, 1.165) is 12.3 Å². The fraction of sp³-hybridized carbons (Fsp3) is 0.333. The van der Waals surface area contributed by atoms with E-state index in [-0.39, 0.29) is 5.41 Å². The molecule has 2 nitrogen and oxygen atoms in total. The van der Waals surface area contributed by atoms with Crippen molar-refractivity contribution in [2.45, 2.75) is 18.3 Å². The molecule has 0 aromatic heterocycles. The van der Waals surface area contributed by atoms with Gasteiger partial charge in [-0.1, -0.05) is 30.3 Å². The highest BCUT2D eigenvalue weighted by atomic mass is 16.5. The van der Waals surface area contributed by atoms with Crippen LogP contribution in [0.1, 0.15) is 18.4 Å². The van der Waals surface area contributed by atoms with Gasteiger partial charge in [-0.15, -0.1) is 0 Å². The summed E-state index contributed by atoms with van der Waals surface area (Å²) in [6.07, 6.45) is 2.39. The molecule has 1 aliphatic carbocycles. The van der Waals surface area contributed by atoms with Crippen LogP contribution >= 0.6 is 0 Å². The van der Waals surface area contributed by atoms with Crippen LogP contribution in [-0.2, 0) is 5.41 Å². The van der Waals surface area contributed by atoms with Crippen LogP contribution in [-0.4, -0.2) is 13.7 Å². The van der Waals surface area contributed by atoms with Gasteiger partial charge >= 0.3 is 0 Å². The number of methoxy groups -OCH3 is 1. The molecule has 1 saturated carbocycles. The minimum absolute atomic E-state index is 0.203. The van der Waals surface area contributed by atoms with Crippen molar-refractivity contribution in [2.75, 3.05) is 13.7 Å². The van der Waals surface area contributed by atoms with E-state index in [9.17, 15) is 0 Å². The van der Waals surface area contributed by atoms with E-state index < -0.39 is 0 Å². The van der Waals surface area contributed by atoms with Crippen LogP contribution in [0, 0.1) is 0 Å². The first-order valence-electron chi connectivity index (χ1n) is 6.07. The number of ether oxygens (including phenoxy) is 1. The molecular formula is C15H17NO. The first kappa shape index (κ1) is 10.6. The summed E-state index contributed by atoms with van der Waals surface area (Å²) < 4.78 is 5.49. The van der Waals surface area contributed by atoms with Gasteiger partial charge in [0.15, 0.2) is 0 Å². The summed E-state index contributed by atoms with van der Waals surface area (Å²) in [5.41, 5.74) is 7.50. The van der Waals surface area contributed by atoms with Gasteiger partial charge in [0.25, 0.3) is 0 Å². The van der Waals surface area contributed by atoms with Crippen molar-refractivity contribution in [2.24, 2.45) is 5.73 Å². The summed E-state index contributed by atoms with van der Waals surface area (Å²) in [6.45, 7) is 0.726. The standard InChI is InChI=1S/C15H17NO/c1-17-13-7-3-5-11-4-2-6-12(14(11)13)15(10-16)8-9-15/h2-7H,8-10,16H2,1H3. The van der Waals surface area contributed by atoms with Crippen LogP contribution in [0.5, 0.6) is 5.75 Å². The zero-order chi connectivity index (χ0) is 11.9. The Morgan fingerprint density at radius 3 is 2.47 bits per heavy atom. The highest BCUT2D eigenvalue weighted by Gasteiger charge is 2.44. The third kappa shape index (κ3) is 1.52. The van der Waals surface area contributed by atoms with Gasteiger partial charge in [-0.25, -0.2) is 0 Å². The molecule has 0 atom stereocenters. The zero-order valence-corrected chi connectivity index (χ0v) is 10.1. The molecule has 0 spiro atoms. The van der Waals surface area contributed by atoms with Crippen LogP contribution in [0.3, 0.4) is 0 Å². The lowest BCUT2D eigenvalue weighted by molar-refractivity contribution is 0.419. The maximum Gasteiger partial charge on any atom is 0.126 e. The number of nitrogens with two attached hydrogens (primary N) is 1. The molecule has 2 N–H and O–H groups in total. The maximum atomic E-state index is 5.94. The third-order valence-corrected chi connectivity index (χ3v) is 3.90. The summed E-state index contributed by atoms with van der Waals surface area (Å²) >= 11 is 0. The normalized spacial score (nSPS) is 17.1. The van der Waals surface area contributed by atoms with Gasteiger partial charge in [-0.2, -0.15) is 0 Å². The zero-order valence-electron chi connectivity index (χ0n) is 10.1. The fourth-order valence-corrected chi connectivity index (χ4v) is 2.65. The van der Waals surface area contributed by atoms with E-state index in [0.29, 0.717) is 0 Å². The SMILES string of the molecule is COc1cccc2cccc(C3(CN)CC3)c12. The van der Waals surface area contributed by atoms with Crippen molar-refractivity contribution in [1.82, 2.24) is 0 Å². The van der Waals surface area contributed by atoms with Crippen LogP contribution in [0.15, 0.2) is 36.4 Å². The van der Waals surface area contributed by atoms with E-state index >= 15 is 0 Å². The van der Waals surface area contributed by atoms with Gasteiger partial charge in [0.05, 0.1) is 7.11 Å². The summed E-state index contributed by atoms with van der Waals surface area (Å²) in [5.74, 6) is 0.956. The molecule has 17 heavy (non-hydrogen) atoms. The van der Waals surface area contributed by atoms with E-state index in [1.807, 2.05) is 12.1 Å². The minimum Gasteiger partial charge on any atom is -0.496 e. The van der Waals surface area contributed by atoms with Gasteiger partial charge in [0.2, 0.25) is 0 Å². The predicted molar refractivity (Wildman–Crippen MR) is 70.5 cm³/mol. The number of benzene rings is 2. The van der Waals surface area contributed by atoms with Crippen molar-refractivity contribution in [3.05, 3.63) is 42.0 Å². The van der Waals surface area contributed by atoms with Gasteiger partial charge in [-0.05, 0) is 29.9 Å². The average Bonchev–Trinajstić information content (AvgIpc) is 3.18. The van der Waals surface area contributed by atoms with Crippen molar-refractivity contribution in [3.8, 4) is 5.75 Å². The first-order chi connectivity index (χ1) is 8.30. The second-order valence-corrected chi connectivity index (χ2v) is 4.85. The lowest BCUT2D eigenvalue weighted by Gasteiger charge is -2.17. The molecule has 0 saturated heterocycles. The molecule has 1 fully saturated rings. The maximum absolute atomic E-state index is 5.94.